The lowest BCUT2D eigenvalue weighted by molar-refractivity contribution is 0.0967. The van der Waals surface area contributed by atoms with Crippen molar-refractivity contribution in [2.45, 2.75) is 19.8 Å². The molecule has 0 saturated carbocycles. The van der Waals surface area contributed by atoms with Crippen molar-refractivity contribution < 1.29 is 4.79 Å². The maximum atomic E-state index is 11.4. The van der Waals surface area contributed by atoms with Crippen molar-refractivity contribution in [3.05, 3.63) is 32.2 Å². The molecule has 2 rings (SSSR count). The number of nitrogens with one attached hydrogen (secondary N) is 1. The number of rotatable bonds is 4. The Morgan fingerprint density at radius 1 is 1.21 bits per heavy atom. The fourth-order valence-electron chi connectivity index (χ4n) is 1.38. The van der Waals surface area contributed by atoms with E-state index in [0.717, 1.165) is 10.0 Å². The molecule has 1 N–H and O–H groups in total. The smallest absolute Gasteiger partial charge is 0.262 e. The van der Waals surface area contributed by atoms with Crippen LogP contribution in [0.1, 0.15) is 44.3 Å². The maximum Gasteiger partial charge on any atom is 0.262 e. The second-order valence-electron chi connectivity index (χ2n) is 4.23. The highest BCUT2D eigenvalue weighted by molar-refractivity contribution is 7.14. The molecule has 2 aromatic rings. The Kier molecular flexibility index (Phi) is 4.44. The summed E-state index contributed by atoms with van der Waals surface area (Å²) in [6.45, 7) is 4.30. The van der Waals surface area contributed by atoms with Crippen molar-refractivity contribution in [3.8, 4) is 0 Å². The van der Waals surface area contributed by atoms with Gasteiger partial charge in [0, 0.05) is 18.1 Å². The Labute approximate surface area is 120 Å². The highest BCUT2D eigenvalue weighted by atomic mass is 32.1. The van der Waals surface area contributed by atoms with Gasteiger partial charge in [-0.25, -0.2) is 9.97 Å². The minimum absolute atomic E-state index is 0.103. The lowest BCUT2D eigenvalue weighted by atomic mass is 10.2. The van der Waals surface area contributed by atoms with Gasteiger partial charge in [0.1, 0.15) is 14.9 Å². The average molecular weight is 293 g/mol. The molecular formula is C13H15N3OS2. The fourth-order valence-corrected chi connectivity index (χ4v) is 2.97. The van der Waals surface area contributed by atoms with Gasteiger partial charge in [0.25, 0.3) is 5.91 Å². The highest BCUT2D eigenvalue weighted by Gasteiger charge is 2.07. The molecule has 2 aromatic heterocycles. The number of nitrogens with zero attached hydrogens (tertiary/aromatic N) is 2. The number of thiazole rings is 2. The molecule has 0 radical (unpaired) electrons. The zero-order chi connectivity index (χ0) is 13.8. The van der Waals surface area contributed by atoms with Crippen molar-refractivity contribution in [3.63, 3.8) is 0 Å². The fraction of sp³-hybridized carbons (Fsp3) is 0.308. The molecule has 0 aliphatic heterocycles. The lowest BCUT2D eigenvalue weighted by Crippen LogP contribution is -2.16. The van der Waals surface area contributed by atoms with Crippen LogP contribution in [0.3, 0.4) is 0 Å². The molecule has 0 atom stereocenters. The molecule has 0 aliphatic carbocycles. The van der Waals surface area contributed by atoms with Crippen LogP contribution in [0.2, 0.25) is 0 Å². The van der Waals surface area contributed by atoms with Gasteiger partial charge in [-0.15, -0.1) is 22.7 Å². The van der Waals surface area contributed by atoms with E-state index in [2.05, 4.69) is 29.1 Å². The van der Waals surface area contributed by atoms with Crippen LogP contribution < -0.4 is 5.32 Å². The molecular weight excluding hydrogens is 278 g/mol. The van der Waals surface area contributed by atoms with E-state index in [1.165, 1.54) is 16.2 Å². The minimum Gasteiger partial charge on any atom is -0.354 e. The zero-order valence-corrected chi connectivity index (χ0v) is 12.6. The van der Waals surface area contributed by atoms with Crippen LogP contribution >= 0.6 is 22.7 Å². The topological polar surface area (TPSA) is 54.9 Å². The van der Waals surface area contributed by atoms with Gasteiger partial charge in [-0.2, -0.15) is 0 Å². The monoisotopic (exact) mass is 293 g/mol. The second kappa shape index (κ2) is 6.08. The van der Waals surface area contributed by atoms with E-state index in [0.29, 0.717) is 10.8 Å². The molecule has 4 nitrogen and oxygen atoms in total. The molecule has 0 bridgehead atoms. The number of hydrogen-bond donors (Lipinski definition) is 1. The van der Waals surface area contributed by atoms with Crippen LogP contribution in [0.25, 0.3) is 12.2 Å². The normalized spacial score (nSPS) is 11.4. The van der Waals surface area contributed by atoms with Gasteiger partial charge in [-0.05, 0) is 18.1 Å². The van der Waals surface area contributed by atoms with E-state index in [1.807, 2.05) is 18.3 Å². The third-order valence-electron chi connectivity index (χ3n) is 2.45. The Hall–Kier alpha value is -1.53. The minimum atomic E-state index is -0.103. The summed E-state index contributed by atoms with van der Waals surface area (Å²) < 4.78 is 0. The van der Waals surface area contributed by atoms with Crippen LogP contribution in [0.15, 0.2) is 12.4 Å². The molecule has 6 heteroatoms. The summed E-state index contributed by atoms with van der Waals surface area (Å²) >= 11 is 3.04. The first kappa shape index (κ1) is 13.9. The molecule has 2 heterocycles. The maximum absolute atomic E-state index is 11.4. The Morgan fingerprint density at radius 2 is 1.84 bits per heavy atom. The first-order chi connectivity index (χ1) is 9.10. The standard InChI is InChI=1S/C13H15N3OS2/c1-8(2)9-6-15-11(18-9)4-5-12-16-7-10(19-12)13(17)14-3/h4-8H,1-3H3,(H,14,17)/b5-4+. The number of aromatic nitrogens is 2. The van der Waals surface area contributed by atoms with Crippen LogP contribution in [-0.4, -0.2) is 22.9 Å². The van der Waals surface area contributed by atoms with E-state index in [1.54, 1.807) is 24.6 Å². The van der Waals surface area contributed by atoms with Crippen molar-refractivity contribution in [1.82, 2.24) is 15.3 Å². The molecule has 1 amide bonds. The largest absolute Gasteiger partial charge is 0.354 e. The first-order valence-corrected chi connectivity index (χ1v) is 7.55. The van der Waals surface area contributed by atoms with E-state index in [4.69, 9.17) is 0 Å². The van der Waals surface area contributed by atoms with Crippen LogP contribution in [0, 0.1) is 0 Å². The van der Waals surface area contributed by atoms with Gasteiger partial charge < -0.3 is 5.32 Å². The summed E-state index contributed by atoms with van der Waals surface area (Å²) in [6, 6.07) is 0. The van der Waals surface area contributed by atoms with Crippen LogP contribution in [0.4, 0.5) is 0 Å². The predicted octanol–water partition coefficient (Wildman–Crippen LogP) is 3.25. The van der Waals surface area contributed by atoms with Crippen LogP contribution in [0.5, 0.6) is 0 Å². The first-order valence-electron chi connectivity index (χ1n) is 5.92. The highest BCUT2D eigenvalue weighted by Crippen LogP contribution is 2.23. The van der Waals surface area contributed by atoms with Gasteiger partial charge in [-0.1, -0.05) is 13.8 Å². The Balaban J connectivity index is 2.09. The molecule has 0 aliphatic rings. The van der Waals surface area contributed by atoms with E-state index >= 15 is 0 Å². The molecule has 100 valence electrons. The molecule has 19 heavy (non-hydrogen) atoms. The number of hydrogen-bond acceptors (Lipinski definition) is 5. The van der Waals surface area contributed by atoms with Gasteiger partial charge in [0.05, 0.1) is 6.20 Å². The van der Waals surface area contributed by atoms with Gasteiger partial charge in [0.2, 0.25) is 0 Å². The summed E-state index contributed by atoms with van der Waals surface area (Å²) in [7, 11) is 1.61. The molecule has 0 fully saturated rings. The molecule has 0 spiro atoms. The SMILES string of the molecule is CNC(=O)c1cnc(/C=C/c2ncc(C(C)C)s2)s1. The number of amides is 1. The van der Waals surface area contributed by atoms with Gasteiger partial charge in [-0.3, -0.25) is 4.79 Å². The number of carbonyl (C=O) groups excluding carboxylic acids is 1. The summed E-state index contributed by atoms with van der Waals surface area (Å²) in [4.78, 5) is 21.8. The van der Waals surface area contributed by atoms with Crippen molar-refractivity contribution in [1.29, 1.82) is 0 Å². The van der Waals surface area contributed by atoms with E-state index < -0.39 is 0 Å². The molecule has 0 saturated heterocycles. The van der Waals surface area contributed by atoms with Gasteiger partial charge >= 0.3 is 0 Å². The Morgan fingerprint density at radius 3 is 2.42 bits per heavy atom. The average Bonchev–Trinajstić information content (AvgIpc) is 3.04. The van der Waals surface area contributed by atoms with Crippen LogP contribution in [-0.2, 0) is 0 Å². The van der Waals surface area contributed by atoms with Crippen molar-refractivity contribution in [2.24, 2.45) is 0 Å². The second-order valence-corrected chi connectivity index (χ2v) is 6.39. The summed E-state index contributed by atoms with van der Waals surface area (Å²) in [5.74, 6) is 0.396. The quantitative estimate of drug-likeness (QED) is 0.941. The van der Waals surface area contributed by atoms with Crippen molar-refractivity contribution >= 4 is 40.7 Å². The third kappa shape index (κ3) is 3.48. The number of carbonyl (C=O) groups is 1. The third-order valence-corrected chi connectivity index (χ3v) is 4.68. The van der Waals surface area contributed by atoms with Crippen molar-refractivity contribution in [2.75, 3.05) is 7.05 Å². The Bertz CT molecular complexity index is 599. The van der Waals surface area contributed by atoms with E-state index in [9.17, 15) is 4.79 Å². The molecule has 0 unspecified atom stereocenters. The van der Waals surface area contributed by atoms with Gasteiger partial charge in [0.15, 0.2) is 0 Å². The molecule has 0 aromatic carbocycles. The summed E-state index contributed by atoms with van der Waals surface area (Å²) in [5.41, 5.74) is 0. The summed E-state index contributed by atoms with van der Waals surface area (Å²) in [6.07, 6.45) is 7.32. The summed E-state index contributed by atoms with van der Waals surface area (Å²) in [5, 5.41) is 4.35. The lowest BCUT2D eigenvalue weighted by Gasteiger charge is -1.95. The zero-order valence-electron chi connectivity index (χ0n) is 11.0. The van der Waals surface area contributed by atoms with E-state index in [-0.39, 0.29) is 5.91 Å². The predicted molar refractivity (Wildman–Crippen MR) is 80.6 cm³/mol.